The molecule has 7 nitrogen and oxygen atoms in total. The van der Waals surface area contributed by atoms with Crippen molar-refractivity contribution in [2.75, 3.05) is 27.2 Å². The van der Waals surface area contributed by atoms with Crippen LogP contribution in [0.4, 0.5) is 9.59 Å². The van der Waals surface area contributed by atoms with Crippen molar-refractivity contribution in [3.05, 3.63) is 71.8 Å². The molecule has 0 spiro atoms. The Morgan fingerprint density at radius 2 is 1.52 bits per heavy atom. The van der Waals surface area contributed by atoms with Crippen LogP contribution in [0, 0.1) is 0 Å². The van der Waals surface area contributed by atoms with E-state index in [-0.39, 0.29) is 13.2 Å². The molecule has 1 aliphatic rings. The van der Waals surface area contributed by atoms with E-state index in [2.05, 4.69) is 5.32 Å². The second kappa shape index (κ2) is 7.49. The minimum absolute atomic E-state index is 0.0222. The van der Waals surface area contributed by atoms with Crippen LogP contribution in [0.5, 0.6) is 0 Å². The van der Waals surface area contributed by atoms with Gasteiger partial charge in [0.05, 0.1) is 6.54 Å². The number of ether oxygens (including phenoxy) is 1. The summed E-state index contributed by atoms with van der Waals surface area (Å²) in [5.74, 6) is -0.397. The van der Waals surface area contributed by atoms with E-state index in [0.717, 1.165) is 4.90 Å². The van der Waals surface area contributed by atoms with Crippen LogP contribution in [0.3, 0.4) is 0 Å². The fourth-order valence-electron chi connectivity index (χ4n) is 3.07. The Balaban J connectivity index is 1.91. The molecular weight excluding hydrogens is 346 g/mol. The minimum atomic E-state index is -1.30. The third-order valence-corrected chi connectivity index (χ3v) is 4.42. The van der Waals surface area contributed by atoms with Crippen LogP contribution in [-0.4, -0.2) is 55.1 Å². The molecule has 3 rings (SSSR count). The summed E-state index contributed by atoms with van der Waals surface area (Å²) in [5, 5.41) is 2.85. The quantitative estimate of drug-likeness (QED) is 0.822. The summed E-state index contributed by atoms with van der Waals surface area (Å²) in [6.07, 6.45) is -0.528. The van der Waals surface area contributed by atoms with Gasteiger partial charge in [-0.15, -0.1) is 0 Å². The molecule has 2 aromatic rings. The maximum Gasteiger partial charge on any atom is 0.409 e. The van der Waals surface area contributed by atoms with Gasteiger partial charge in [-0.05, 0) is 11.1 Å². The molecule has 0 bridgehead atoms. The number of amides is 4. The van der Waals surface area contributed by atoms with Crippen molar-refractivity contribution in [3.8, 4) is 0 Å². The molecule has 0 aromatic heterocycles. The fourth-order valence-corrected chi connectivity index (χ4v) is 3.07. The average Bonchev–Trinajstić information content (AvgIpc) is 2.94. The third kappa shape index (κ3) is 3.36. The topological polar surface area (TPSA) is 79.0 Å². The van der Waals surface area contributed by atoms with Crippen LogP contribution in [0.25, 0.3) is 0 Å². The SMILES string of the molecule is CN(C)C(=O)OCCN1C(=O)NC(c2ccccc2)(c2ccccc2)C1=O. The fraction of sp³-hybridized carbons (Fsp3) is 0.250. The second-order valence-corrected chi connectivity index (χ2v) is 6.38. The van der Waals surface area contributed by atoms with E-state index in [1.54, 1.807) is 38.4 Å². The summed E-state index contributed by atoms with van der Waals surface area (Å²) in [4.78, 5) is 39.9. The smallest absolute Gasteiger partial charge is 0.409 e. The molecule has 2 aromatic carbocycles. The lowest BCUT2D eigenvalue weighted by Crippen LogP contribution is -2.45. The number of nitrogens with one attached hydrogen (secondary N) is 1. The van der Waals surface area contributed by atoms with Gasteiger partial charge >= 0.3 is 12.1 Å². The molecule has 7 heteroatoms. The molecule has 1 heterocycles. The lowest BCUT2D eigenvalue weighted by molar-refractivity contribution is -0.130. The van der Waals surface area contributed by atoms with Crippen LogP contribution in [0.2, 0.25) is 0 Å². The highest BCUT2D eigenvalue weighted by molar-refractivity contribution is 6.09. The number of nitrogens with zero attached hydrogens (tertiary/aromatic N) is 2. The zero-order chi connectivity index (χ0) is 19.4. The number of benzene rings is 2. The Kier molecular flexibility index (Phi) is 5.12. The Hall–Kier alpha value is -3.35. The number of rotatable bonds is 5. The van der Waals surface area contributed by atoms with E-state index in [1.807, 2.05) is 36.4 Å². The molecule has 1 aliphatic heterocycles. The van der Waals surface area contributed by atoms with Gasteiger partial charge < -0.3 is 15.0 Å². The van der Waals surface area contributed by atoms with Crippen molar-refractivity contribution in [2.24, 2.45) is 0 Å². The van der Waals surface area contributed by atoms with E-state index in [0.29, 0.717) is 11.1 Å². The number of imide groups is 1. The number of urea groups is 1. The Morgan fingerprint density at radius 3 is 2.00 bits per heavy atom. The predicted octanol–water partition coefficient (Wildman–Crippen LogP) is 2.18. The molecule has 27 heavy (non-hydrogen) atoms. The lowest BCUT2D eigenvalue weighted by Gasteiger charge is -2.28. The first-order chi connectivity index (χ1) is 13.0. The van der Waals surface area contributed by atoms with E-state index < -0.39 is 23.6 Å². The zero-order valence-corrected chi connectivity index (χ0v) is 15.2. The summed E-state index contributed by atoms with van der Waals surface area (Å²) in [6, 6.07) is 17.7. The normalized spacial score (nSPS) is 15.4. The molecule has 0 unspecified atom stereocenters. The van der Waals surface area contributed by atoms with E-state index >= 15 is 0 Å². The molecule has 0 saturated carbocycles. The maximum absolute atomic E-state index is 13.3. The highest BCUT2D eigenvalue weighted by atomic mass is 16.6. The molecule has 1 N–H and O–H groups in total. The van der Waals surface area contributed by atoms with Crippen LogP contribution in [0.15, 0.2) is 60.7 Å². The van der Waals surface area contributed by atoms with Gasteiger partial charge in [0.1, 0.15) is 6.61 Å². The van der Waals surface area contributed by atoms with Crippen LogP contribution in [0.1, 0.15) is 11.1 Å². The van der Waals surface area contributed by atoms with Gasteiger partial charge in [0.25, 0.3) is 5.91 Å². The lowest BCUT2D eigenvalue weighted by atomic mass is 9.82. The van der Waals surface area contributed by atoms with Gasteiger partial charge in [-0.3, -0.25) is 9.69 Å². The third-order valence-electron chi connectivity index (χ3n) is 4.42. The summed E-state index contributed by atoms with van der Waals surface area (Å²) in [7, 11) is 3.12. The summed E-state index contributed by atoms with van der Waals surface area (Å²) in [5.41, 5.74) is 0.0372. The van der Waals surface area contributed by atoms with Gasteiger partial charge in [0.15, 0.2) is 5.54 Å². The van der Waals surface area contributed by atoms with E-state index in [9.17, 15) is 14.4 Å². The highest BCUT2D eigenvalue weighted by Gasteiger charge is 2.53. The van der Waals surface area contributed by atoms with Crippen molar-refractivity contribution in [3.63, 3.8) is 0 Å². The highest BCUT2D eigenvalue weighted by Crippen LogP contribution is 2.35. The van der Waals surface area contributed by atoms with Crippen LogP contribution in [-0.2, 0) is 15.1 Å². The second-order valence-electron chi connectivity index (χ2n) is 6.38. The molecule has 140 valence electrons. The summed E-state index contributed by atoms with van der Waals surface area (Å²) >= 11 is 0. The van der Waals surface area contributed by atoms with Crippen LogP contribution >= 0.6 is 0 Å². The first kappa shape index (κ1) is 18.4. The molecule has 4 amide bonds. The average molecular weight is 367 g/mol. The monoisotopic (exact) mass is 367 g/mol. The van der Waals surface area contributed by atoms with Crippen molar-refractivity contribution >= 4 is 18.0 Å². The predicted molar refractivity (Wildman–Crippen MR) is 98.9 cm³/mol. The van der Waals surface area contributed by atoms with E-state index in [1.165, 1.54) is 4.90 Å². The van der Waals surface area contributed by atoms with Gasteiger partial charge in [-0.25, -0.2) is 9.59 Å². The molecule has 0 aliphatic carbocycles. The molecule has 0 atom stereocenters. The van der Waals surface area contributed by atoms with Gasteiger partial charge in [0.2, 0.25) is 0 Å². The van der Waals surface area contributed by atoms with Crippen LogP contribution < -0.4 is 5.32 Å². The minimum Gasteiger partial charge on any atom is -0.448 e. The van der Waals surface area contributed by atoms with Crippen molar-refractivity contribution in [2.45, 2.75) is 5.54 Å². The Bertz CT molecular complexity index is 797. The van der Waals surface area contributed by atoms with Crippen molar-refractivity contribution in [1.29, 1.82) is 0 Å². The molecule has 1 saturated heterocycles. The zero-order valence-electron chi connectivity index (χ0n) is 15.2. The first-order valence-electron chi connectivity index (χ1n) is 8.56. The Labute approximate surface area is 157 Å². The first-order valence-corrected chi connectivity index (χ1v) is 8.56. The summed E-state index contributed by atoms with van der Waals surface area (Å²) < 4.78 is 5.05. The van der Waals surface area contributed by atoms with Gasteiger partial charge in [0, 0.05) is 14.1 Å². The number of carbonyl (C=O) groups excluding carboxylic acids is 3. The van der Waals surface area contributed by atoms with Crippen molar-refractivity contribution in [1.82, 2.24) is 15.1 Å². The van der Waals surface area contributed by atoms with E-state index in [4.69, 9.17) is 4.74 Å². The molecule has 1 fully saturated rings. The standard InChI is InChI=1S/C20H21N3O4/c1-22(2)19(26)27-14-13-23-17(24)20(21-18(23)25,15-9-5-3-6-10-15)16-11-7-4-8-12-16/h3-12H,13-14H2,1-2H3,(H,21,25). The number of hydrogen-bond donors (Lipinski definition) is 1. The van der Waals surface area contributed by atoms with Gasteiger partial charge in [-0.2, -0.15) is 0 Å². The largest absolute Gasteiger partial charge is 0.448 e. The molecular formula is C20H21N3O4. The molecule has 0 radical (unpaired) electrons. The van der Waals surface area contributed by atoms with Gasteiger partial charge in [-0.1, -0.05) is 60.7 Å². The maximum atomic E-state index is 13.3. The number of carbonyl (C=O) groups is 3. The number of hydrogen-bond acceptors (Lipinski definition) is 4. The van der Waals surface area contributed by atoms with Crippen molar-refractivity contribution < 1.29 is 19.1 Å². The summed E-state index contributed by atoms with van der Waals surface area (Å²) in [6.45, 7) is -0.0957. The Morgan fingerprint density at radius 1 is 1.00 bits per heavy atom.